The highest BCUT2D eigenvalue weighted by Gasteiger charge is 2.22. The van der Waals surface area contributed by atoms with Crippen LogP contribution in [-0.2, 0) is 14.3 Å². The highest BCUT2D eigenvalue weighted by Crippen LogP contribution is 2.32. The van der Waals surface area contributed by atoms with E-state index in [1.165, 1.54) is 39.2 Å². The molecule has 0 bridgehead atoms. The fraction of sp³-hybridized carbons (Fsp3) is 0.857. The number of rotatable bonds is 6. The minimum atomic E-state index is -0.284. The zero-order valence-electron chi connectivity index (χ0n) is 11.0. The number of methoxy groups -OCH3 is 1. The topological polar surface area (TPSA) is 43.4 Å². The van der Waals surface area contributed by atoms with Crippen molar-refractivity contribution in [2.45, 2.75) is 58.3 Å². The second-order valence-electron chi connectivity index (χ2n) is 5.11. The molecule has 98 valence electrons. The van der Waals surface area contributed by atoms with Crippen molar-refractivity contribution < 1.29 is 14.3 Å². The standard InChI is InChI=1S/C14H24O3/c1-3-11-4-6-12(7-5-11)10-13(15)8-9-14(16)17-2/h11-12H,3-10H2,1-2H3. The minimum absolute atomic E-state index is 0.218. The molecule has 17 heavy (non-hydrogen) atoms. The summed E-state index contributed by atoms with van der Waals surface area (Å²) in [4.78, 5) is 22.6. The normalized spacial score (nSPS) is 24.4. The Balaban J connectivity index is 2.17. The Hall–Kier alpha value is -0.860. The van der Waals surface area contributed by atoms with Crippen molar-refractivity contribution in [3.05, 3.63) is 0 Å². The van der Waals surface area contributed by atoms with E-state index in [2.05, 4.69) is 11.7 Å². The van der Waals surface area contributed by atoms with Gasteiger partial charge in [-0.05, 0) is 24.7 Å². The molecule has 3 nitrogen and oxygen atoms in total. The molecule has 0 aliphatic heterocycles. The first-order valence-corrected chi connectivity index (χ1v) is 6.74. The maximum absolute atomic E-state index is 11.7. The van der Waals surface area contributed by atoms with Crippen molar-refractivity contribution in [3.8, 4) is 0 Å². The van der Waals surface area contributed by atoms with Crippen molar-refractivity contribution in [1.82, 2.24) is 0 Å². The summed E-state index contributed by atoms with van der Waals surface area (Å²) < 4.78 is 4.53. The molecule has 0 unspecified atom stereocenters. The van der Waals surface area contributed by atoms with Crippen molar-refractivity contribution in [2.75, 3.05) is 7.11 Å². The van der Waals surface area contributed by atoms with Gasteiger partial charge in [-0.3, -0.25) is 9.59 Å². The fourth-order valence-electron chi connectivity index (χ4n) is 2.61. The lowest BCUT2D eigenvalue weighted by molar-refractivity contribution is -0.142. The first-order valence-electron chi connectivity index (χ1n) is 6.74. The Morgan fingerprint density at radius 3 is 2.18 bits per heavy atom. The van der Waals surface area contributed by atoms with Crippen LogP contribution in [0.3, 0.4) is 0 Å². The molecule has 3 heteroatoms. The average Bonchev–Trinajstić information content (AvgIpc) is 2.36. The highest BCUT2D eigenvalue weighted by atomic mass is 16.5. The number of hydrogen-bond acceptors (Lipinski definition) is 3. The van der Waals surface area contributed by atoms with Crippen LogP contribution >= 0.6 is 0 Å². The predicted molar refractivity (Wildman–Crippen MR) is 66.6 cm³/mol. The number of esters is 1. The van der Waals surface area contributed by atoms with Crippen molar-refractivity contribution in [2.24, 2.45) is 11.8 Å². The highest BCUT2D eigenvalue weighted by molar-refractivity contribution is 5.83. The molecule has 0 heterocycles. The van der Waals surface area contributed by atoms with Crippen LogP contribution in [0.1, 0.15) is 58.3 Å². The van der Waals surface area contributed by atoms with Gasteiger partial charge >= 0.3 is 5.97 Å². The molecule has 0 radical (unpaired) electrons. The summed E-state index contributed by atoms with van der Waals surface area (Å²) in [5, 5.41) is 0. The van der Waals surface area contributed by atoms with E-state index in [-0.39, 0.29) is 18.2 Å². The maximum Gasteiger partial charge on any atom is 0.305 e. The molecule has 0 N–H and O–H groups in total. The molecule has 1 saturated carbocycles. The summed E-state index contributed by atoms with van der Waals surface area (Å²) in [6.07, 6.45) is 7.41. The van der Waals surface area contributed by atoms with E-state index in [0.717, 1.165) is 5.92 Å². The Morgan fingerprint density at radius 2 is 1.65 bits per heavy atom. The van der Waals surface area contributed by atoms with Gasteiger partial charge in [0.05, 0.1) is 13.5 Å². The van der Waals surface area contributed by atoms with Crippen LogP contribution in [0.4, 0.5) is 0 Å². The third kappa shape index (κ3) is 5.33. The molecule has 0 atom stereocenters. The van der Waals surface area contributed by atoms with Crippen LogP contribution in [0, 0.1) is 11.8 Å². The summed E-state index contributed by atoms with van der Waals surface area (Å²) in [5.41, 5.74) is 0. The van der Waals surface area contributed by atoms with Gasteiger partial charge in [0.25, 0.3) is 0 Å². The fourth-order valence-corrected chi connectivity index (χ4v) is 2.61. The van der Waals surface area contributed by atoms with Crippen LogP contribution in [0.2, 0.25) is 0 Å². The van der Waals surface area contributed by atoms with Gasteiger partial charge < -0.3 is 4.74 Å². The zero-order valence-corrected chi connectivity index (χ0v) is 11.0. The van der Waals surface area contributed by atoms with Gasteiger partial charge in [0.2, 0.25) is 0 Å². The van der Waals surface area contributed by atoms with Crippen LogP contribution in [-0.4, -0.2) is 18.9 Å². The van der Waals surface area contributed by atoms with E-state index in [1.807, 2.05) is 0 Å². The van der Waals surface area contributed by atoms with Gasteiger partial charge in [-0.25, -0.2) is 0 Å². The predicted octanol–water partition coefficient (Wildman–Crippen LogP) is 3.12. The number of ketones is 1. The van der Waals surface area contributed by atoms with Crippen molar-refractivity contribution in [1.29, 1.82) is 0 Å². The van der Waals surface area contributed by atoms with Crippen LogP contribution in [0.25, 0.3) is 0 Å². The minimum Gasteiger partial charge on any atom is -0.469 e. The molecule has 0 amide bonds. The molecular formula is C14H24O3. The molecule has 0 saturated heterocycles. The second-order valence-corrected chi connectivity index (χ2v) is 5.11. The number of Topliss-reactive ketones (excluding diaryl/α,β-unsaturated/α-hetero) is 1. The van der Waals surface area contributed by atoms with E-state index in [4.69, 9.17) is 0 Å². The van der Waals surface area contributed by atoms with E-state index in [0.29, 0.717) is 18.8 Å². The van der Waals surface area contributed by atoms with Gasteiger partial charge in [0, 0.05) is 12.8 Å². The smallest absolute Gasteiger partial charge is 0.305 e. The summed E-state index contributed by atoms with van der Waals surface area (Å²) in [6, 6.07) is 0. The zero-order chi connectivity index (χ0) is 12.7. The molecule has 0 aromatic heterocycles. The molecular weight excluding hydrogens is 216 g/mol. The lowest BCUT2D eigenvalue weighted by atomic mass is 9.78. The van der Waals surface area contributed by atoms with Crippen molar-refractivity contribution in [3.63, 3.8) is 0 Å². The largest absolute Gasteiger partial charge is 0.469 e. The summed E-state index contributed by atoms with van der Waals surface area (Å²) in [6.45, 7) is 2.24. The Kier molecular flexibility index (Phi) is 6.23. The van der Waals surface area contributed by atoms with Gasteiger partial charge in [-0.15, -0.1) is 0 Å². The number of carbonyl (C=O) groups excluding carboxylic acids is 2. The summed E-state index contributed by atoms with van der Waals surface area (Å²) in [5.74, 6) is 1.36. The molecule has 1 fully saturated rings. The Morgan fingerprint density at radius 1 is 1.06 bits per heavy atom. The number of carbonyl (C=O) groups is 2. The number of hydrogen-bond donors (Lipinski definition) is 0. The molecule has 1 rings (SSSR count). The van der Waals surface area contributed by atoms with Crippen molar-refractivity contribution >= 4 is 11.8 Å². The first-order chi connectivity index (χ1) is 8.15. The van der Waals surface area contributed by atoms with Gasteiger partial charge in [0.15, 0.2) is 0 Å². The third-order valence-electron chi connectivity index (χ3n) is 3.90. The SMILES string of the molecule is CCC1CCC(CC(=O)CCC(=O)OC)CC1. The lowest BCUT2D eigenvalue weighted by Crippen LogP contribution is -2.17. The van der Waals surface area contributed by atoms with Crippen LogP contribution in [0.5, 0.6) is 0 Å². The van der Waals surface area contributed by atoms with E-state index in [1.54, 1.807) is 0 Å². The Bertz CT molecular complexity index is 252. The Labute approximate surface area is 104 Å². The quantitative estimate of drug-likeness (QED) is 0.670. The first kappa shape index (κ1) is 14.2. The van der Waals surface area contributed by atoms with E-state index in [9.17, 15) is 9.59 Å². The molecule has 1 aliphatic carbocycles. The monoisotopic (exact) mass is 240 g/mol. The van der Waals surface area contributed by atoms with E-state index >= 15 is 0 Å². The second kappa shape index (κ2) is 7.46. The van der Waals surface area contributed by atoms with Gasteiger partial charge in [0.1, 0.15) is 5.78 Å². The lowest BCUT2D eigenvalue weighted by Gasteiger charge is -2.27. The summed E-state index contributed by atoms with van der Waals surface area (Å²) >= 11 is 0. The molecule has 1 aliphatic rings. The van der Waals surface area contributed by atoms with Gasteiger partial charge in [-0.2, -0.15) is 0 Å². The van der Waals surface area contributed by atoms with Gasteiger partial charge in [-0.1, -0.05) is 26.2 Å². The number of ether oxygens (including phenoxy) is 1. The maximum atomic E-state index is 11.7. The molecule has 0 spiro atoms. The van der Waals surface area contributed by atoms with Crippen LogP contribution in [0.15, 0.2) is 0 Å². The molecule has 0 aromatic carbocycles. The average molecular weight is 240 g/mol. The third-order valence-corrected chi connectivity index (χ3v) is 3.90. The van der Waals surface area contributed by atoms with E-state index < -0.39 is 0 Å². The van der Waals surface area contributed by atoms with Crippen LogP contribution < -0.4 is 0 Å². The molecule has 0 aromatic rings. The summed E-state index contributed by atoms with van der Waals surface area (Å²) in [7, 11) is 1.36.